The van der Waals surface area contributed by atoms with Crippen LogP contribution in [-0.4, -0.2) is 26.0 Å². The van der Waals surface area contributed by atoms with Gasteiger partial charge in [0.25, 0.3) is 10.0 Å². The molecule has 124 valence electrons. The first kappa shape index (κ1) is 17.0. The van der Waals surface area contributed by atoms with E-state index in [1.165, 1.54) is 12.1 Å². The van der Waals surface area contributed by atoms with Crippen molar-refractivity contribution in [1.82, 2.24) is 4.72 Å². The van der Waals surface area contributed by atoms with E-state index in [0.717, 1.165) is 32.1 Å². The number of sulfonamides is 1. The maximum Gasteiger partial charge on any atom is 0.374 e. The van der Waals surface area contributed by atoms with Crippen molar-refractivity contribution in [3.8, 4) is 0 Å². The first-order valence-corrected chi connectivity index (χ1v) is 9.00. The van der Waals surface area contributed by atoms with Gasteiger partial charge in [-0.05, 0) is 58.6 Å². The summed E-state index contributed by atoms with van der Waals surface area (Å²) in [6, 6.07) is 2.61. The molecule has 0 saturated heterocycles. The van der Waals surface area contributed by atoms with Gasteiger partial charge in [0.05, 0.1) is 0 Å². The molecule has 1 aliphatic rings. The predicted octanol–water partition coefficient (Wildman–Crippen LogP) is 2.85. The van der Waals surface area contributed by atoms with E-state index in [9.17, 15) is 13.2 Å². The molecule has 2 rings (SSSR count). The molecule has 6 nitrogen and oxygen atoms in total. The average Bonchev–Trinajstić information content (AvgIpc) is 2.87. The quantitative estimate of drug-likeness (QED) is 0.859. The standard InChI is InChI=1S/C15H23NO5S/c1-15(2,3)16-22(18,19)13-10-9-12(21-13)14(17)20-11-7-5-4-6-8-11/h9-11,16H,4-8H2,1-3H3. The fourth-order valence-corrected chi connectivity index (χ4v) is 3.77. The second-order valence-electron chi connectivity index (χ2n) is 6.64. The van der Waals surface area contributed by atoms with Gasteiger partial charge in [-0.25, -0.2) is 17.9 Å². The lowest BCUT2D eigenvalue weighted by Crippen LogP contribution is -2.40. The van der Waals surface area contributed by atoms with Gasteiger partial charge in [0.2, 0.25) is 10.9 Å². The number of rotatable bonds is 4. The van der Waals surface area contributed by atoms with Crippen molar-refractivity contribution < 1.29 is 22.4 Å². The van der Waals surface area contributed by atoms with Gasteiger partial charge in [-0.15, -0.1) is 0 Å². The number of furan rings is 1. The first-order valence-electron chi connectivity index (χ1n) is 7.52. The Kier molecular flexibility index (Phi) is 4.97. The van der Waals surface area contributed by atoms with Crippen molar-refractivity contribution in [2.75, 3.05) is 0 Å². The molecule has 0 spiro atoms. The van der Waals surface area contributed by atoms with Gasteiger partial charge >= 0.3 is 5.97 Å². The molecular formula is C15H23NO5S. The molecular weight excluding hydrogens is 306 g/mol. The van der Waals surface area contributed by atoms with Crippen LogP contribution in [0.5, 0.6) is 0 Å². The lowest BCUT2D eigenvalue weighted by atomic mass is 9.98. The Balaban J connectivity index is 2.05. The topological polar surface area (TPSA) is 85.6 Å². The predicted molar refractivity (Wildman–Crippen MR) is 81.1 cm³/mol. The molecule has 22 heavy (non-hydrogen) atoms. The summed E-state index contributed by atoms with van der Waals surface area (Å²) in [5.74, 6) is -0.691. The Morgan fingerprint density at radius 2 is 1.86 bits per heavy atom. The molecule has 1 fully saturated rings. The van der Waals surface area contributed by atoms with Crippen LogP contribution in [0.4, 0.5) is 0 Å². The molecule has 1 saturated carbocycles. The summed E-state index contributed by atoms with van der Waals surface area (Å²) < 4.78 is 37.2. The van der Waals surface area contributed by atoms with E-state index in [1.54, 1.807) is 20.8 Å². The Labute approximate surface area is 131 Å². The summed E-state index contributed by atoms with van der Waals surface area (Å²) in [4.78, 5) is 12.0. The maximum absolute atomic E-state index is 12.1. The fourth-order valence-electron chi connectivity index (χ4n) is 2.42. The van der Waals surface area contributed by atoms with Crippen LogP contribution in [0, 0.1) is 0 Å². The van der Waals surface area contributed by atoms with Gasteiger partial charge in [0.15, 0.2) is 0 Å². The molecule has 1 aromatic rings. The van der Waals surface area contributed by atoms with Gasteiger partial charge in [0.1, 0.15) is 6.10 Å². The molecule has 1 aromatic heterocycles. The highest BCUT2D eigenvalue weighted by Gasteiger charge is 2.27. The number of carbonyl (C=O) groups excluding carboxylic acids is 1. The number of hydrogen-bond acceptors (Lipinski definition) is 5. The molecule has 0 radical (unpaired) electrons. The highest BCUT2D eigenvalue weighted by molar-refractivity contribution is 7.89. The lowest BCUT2D eigenvalue weighted by Gasteiger charge is -2.21. The van der Waals surface area contributed by atoms with Gasteiger partial charge in [0, 0.05) is 5.54 Å². The molecule has 1 aliphatic carbocycles. The highest BCUT2D eigenvalue weighted by Crippen LogP contribution is 2.23. The van der Waals surface area contributed by atoms with E-state index in [0.29, 0.717) is 0 Å². The maximum atomic E-state index is 12.1. The number of nitrogens with one attached hydrogen (secondary N) is 1. The van der Waals surface area contributed by atoms with Gasteiger partial charge in [-0.2, -0.15) is 0 Å². The van der Waals surface area contributed by atoms with Crippen LogP contribution in [0.25, 0.3) is 0 Å². The van der Waals surface area contributed by atoms with Gasteiger partial charge < -0.3 is 9.15 Å². The summed E-state index contributed by atoms with van der Waals surface area (Å²) >= 11 is 0. The van der Waals surface area contributed by atoms with Crippen LogP contribution in [0.15, 0.2) is 21.6 Å². The van der Waals surface area contributed by atoms with Crippen molar-refractivity contribution in [2.24, 2.45) is 0 Å². The lowest BCUT2D eigenvalue weighted by molar-refractivity contribution is 0.0172. The SMILES string of the molecule is CC(C)(C)NS(=O)(=O)c1ccc(C(=O)OC2CCCCC2)o1. The van der Waals surface area contributed by atoms with E-state index in [1.807, 2.05) is 0 Å². The van der Waals surface area contributed by atoms with E-state index in [4.69, 9.17) is 9.15 Å². The molecule has 0 aliphatic heterocycles. The van der Waals surface area contributed by atoms with Gasteiger partial charge in [-0.3, -0.25) is 0 Å². The summed E-state index contributed by atoms with van der Waals surface area (Å²) in [5, 5.41) is -0.280. The van der Waals surface area contributed by atoms with E-state index in [2.05, 4.69) is 4.72 Å². The van der Waals surface area contributed by atoms with Crippen LogP contribution in [0.1, 0.15) is 63.4 Å². The third kappa shape index (κ3) is 4.58. The van der Waals surface area contributed by atoms with Crippen LogP contribution in [0.2, 0.25) is 0 Å². The molecule has 7 heteroatoms. The third-order valence-electron chi connectivity index (χ3n) is 3.31. The second-order valence-corrected chi connectivity index (χ2v) is 8.25. The van der Waals surface area contributed by atoms with Crippen LogP contribution in [0.3, 0.4) is 0 Å². The zero-order valence-electron chi connectivity index (χ0n) is 13.2. The fraction of sp³-hybridized carbons (Fsp3) is 0.667. The van der Waals surface area contributed by atoms with Crippen LogP contribution < -0.4 is 4.72 Å². The zero-order chi connectivity index (χ0) is 16.4. The molecule has 0 bridgehead atoms. The molecule has 1 heterocycles. The largest absolute Gasteiger partial charge is 0.457 e. The molecule has 0 atom stereocenters. The zero-order valence-corrected chi connectivity index (χ0v) is 14.0. The molecule has 0 amide bonds. The monoisotopic (exact) mass is 329 g/mol. The van der Waals surface area contributed by atoms with E-state index >= 15 is 0 Å². The normalized spacial score (nSPS) is 17.4. The molecule has 0 unspecified atom stereocenters. The average molecular weight is 329 g/mol. The van der Waals surface area contributed by atoms with Crippen molar-refractivity contribution in [1.29, 1.82) is 0 Å². The first-order chi connectivity index (χ1) is 10.2. The molecule has 1 N–H and O–H groups in total. The number of esters is 1. The Morgan fingerprint density at radius 3 is 2.45 bits per heavy atom. The van der Waals surface area contributed by atoms with Crippen molar-refractivity contribution in [3.05, 3.63) is 17.9 Å². The summed E-state index contributed by atoms with van der Waals surface area (Å²) in [6.45, 7) is 5.18. The third-order valence-corrected chi connectivity index (χ3v) is 4.94. The number of carbonyl (C=O) groups is 1. The minimum Gasteiger partial charge on any atom is -0.457 e. The van der Waals surface area contributed by atoms with Crippen molar-refractivity contribution >= 4 is 16.0 Å². The van der Waals surface area contributed by atoms with Crippen molar-refractivity contribution in [2.45, 2.75) is 69.6 Å². The highest BCUT2D eigenvalue weighted by atomic mass is 32.2. The number of hydrogen-bond donors (Lipinski definition) is 1. The minimum absolute atomic E-state index is 0.0835. The second kappa shape index (κ2) is 6.42. The summed E-state index contributed by atoms with van der Waals surface area (Å²) in [7, 11) is -3.79. The molecule has 0 aromatic carbocycles. The summed E-state index contributed by atoms with van der Waals surface area (Å²) in [6.07, 6.45) is 4.86. The minimum atomic E-state index is -3.79. The Bertz CT molecular complexity index is 621. The van der Waals surface area contributed by atoms with Crippen LogP contribution in [-0.2, 0) is 14.8 Å². The van der Waals surface area contributed by atoms with Crippen molar-refractivity contribution in [3.63, 3.8) is 0 Å². The Morgan fingerprint density at radius 1 is 1.23 bits per heavy atom. The number of ether oxygens (including phenoxy) is 1. The Hall–Kier alpha value is -1.34. The smallest absolute Gasteiger partial charge is 0.374 e. The van der Waals surface area contributed by atoms with Crippen LogP contribution >= 0.6 is 0 Å². The van der Waals surface area contributed by atoms with E-state index in [-0.39, 0.29) is 17.0 Å². The summed E-state index contributed by atoms with van der Waals surface area (Å²) in [5.41, 5.74) is -0.631. The van der Waals surface area contributed by atoms with Gasteiger partial charge in [-0.1, -0.05) is 6.42 Å². The van der Waals surface area contributed by atoms with E-state index < -0.39 is 21.5 Å².